The second-order valence-electron chi connectivity index (χ2n) is 8.14. The van der Waals surface area contributed by atoms with Crippen LogP contribution in [0.5, 0.6) is 0 Å². The van der Waals surface area contributed by atoms with E-state index in [1.54, 1.807) is 29.2 Å². The molecule has 37 heavy (non-hydrogen) atoms. The number of hydrogen-bond acceptors (Lipinski definition) is 9. The van der Waals surface area contributed by atoms with Gasteiger partial charge in [0, 0.05) is 17.9 Å². The molecule has 0 unspecified atom stereocenters. The first-order chi connectivity index (χ1) is 17.7. The quantitative estimate of drug-likeness (QED) is 0.473. The molecule has 2 saturated heterocycles. The number of nitrogens with zero attached hydrogens (tertiary/aromatic N) is 3. The molecule has 14 heteroatoms. The Bertz CT molecular complexity index is 1200. The number of aliphatic carboxylic acids is 1. The molecule has 2 fully saturated rings. The fraction of sp³-hybridized carbons (Fsp3) is 0.348. The van der Waals surface area contributed by atoms with Gasteiger partial charge >= 0.3 is 12.1 Å². The Hall–Kier alpha value is -3.52. The molecular formula is C23H23ClN4O8S. The number of nitrogens with one attached hydrogen (secondary N) is 1. The van der Waals surface area contributed by atoms with Gasteiger partial charge in [-0.05, 0) is 36.4 Å². The predicted octanol–water partition coefficient (Wildman–Crippen LogP) is 1.43. The molecule has 1 aromatic heterocycles. The van der Waals surface area contributed by atoms with E-state index in [1.807, 2.05) is 0 Å². The third-order valence-corrected chi connectivity index (χ3v) is 6.82. The highest BCUT2D eigenvalue weighted by Gasteiger charge is 2.36. The largest absolute Gasteiger partial charge is 0.480 e. The van der Waals surface area contributed by atoms with E-state index in [0.717, 1.165) is 16.2 Å². The summed E-state index contributed by atoms with van der Waals surface area (Å²) >= 11 is 6.93. The average molecular weight is 551 g/mol. The number of morpholine rings is 1. The highest BCUT2D eigenvalue weighted by molar-refractivity contribution is 7.18. The summed E-state index contributed by atoms with van der Waals surface area (Å²) < 4.78 is 10.9. The predicted molar refractivity (Wildman–Crippen MR) is 133 cm³/mol. The van der Waals surface area contributed by atoms with E-state index in [1.165, 1.54) is 17.0 Å². The molecular weight excluding hydrogens is 528 g/mol. The van der Waals surface area contributed by atoms with Gasteiger partial charge in [0.25, 0.3) is 11.8 Å². The topological polar surface area (TPSA) is 146 Å². The van der Waals surface area contributed by atoms with Crippen LogP contribution in [0.25, 0.3) is 0 Å². The molecule has 0 saturated carbocycles. The molecule has 0 bridgehead atoms. The molecule has 1 aromatic carbocycles. The van der Waals surface area contributed by atoms with Crippen molar-refractivity contribution >= 4 is 64.1 Å². The van der Waals surface area contributed by atoms with Gasteiger partial charge in [0.2, 0.25) is 5.91 Å². The smallest absolute Gasteiger partial charge is 0.414 e. The highest BCUT2D eigenvalue weighted by atomic mass is 35.5. The third kappa shape index (κ3) is 6.43. The molecule has 2 aliphatic rings. The Labute approximate surface area is 220 Å². The minimum Gasteiger partial charge on any atom is -0.480 e. The van der Waals surface area contributed by atoms with E-state index < -0.39 is 43.1 Å². The standard InChI is InChI=1S/C23H23ClN4O8S/c24-18-6-5-17(37-18)22(33)28(19(29)9-25-10-21(31)32)12-16-11-27(23(34)36-16)15-3-1-14(2-4-15)26-7-8-35-13-20(26)30/h1-6,16,25H,7-13H2,(H,31,32)/t16-/m1/s1. The molecule has 12 nitrogen and oxygen atoms in total. The van der Waals surface area contributed by atoms with Crippen molar-refractivity contribution in [2.45, 2.75) is 6.10 Å². The fourth-order valence-corrected chi connectivity index (χ4v) is 4.86. The first-order valence-corrected chi connectivity index (χ1v) is 12.4. The number of anilines is 2. The molecule has 0 spiro atoms. The zero-order valence-corrected chi connectivity index (χ0v) is 21.0. The summed E-state index contributed by atoms with van der Waals surface area (Å²) in [6.07, 6.45) is -1.47. The molecule has 2 N–H and O–H groups in total. The van der Waals surface area contributed by atoms with Gasteiger partial charge in [0.15, 0.2) is 0 Å². The average Bonchev–Trinajstić information content (AvgIpc) is 3.47. The number of amides is 4. The molecule has 3 heterocycles. The van der Waals surface area contributed by atoms with Crippen molar-refractivity contribution in [2.24, 2.45) is 0 Å². The number of carboxylic acid groups (broad SMARTS) is 1. The van der Waals surface area contributed by atoms with Crippen LogP contribution in [0.1, 0.15) is 9.67 Å². The van der Waals surface area contributed by atoms with Crippen molar-refractivity contribution < 1.29 is 38.6 Å². The number of imide groups is 1. The van der Waals surface area contributed by atoms with E-state index in [9.17, 15) is 24.0 Å². The molecule has 1 atom stereocenters. The van der Waals surface area contributed by atoms with Crippen LogP contribution in [0.4, 0.5) is 16.2 Å². The second kappa shape index (κ2) is 11.7. The van der Waals surface area contributed by atoms with Crippen LogP contribution in [-0.4, -0.2) is 91.8 Å². The fourth-order valence-electron chi connectivity index (χ4n) is 3.87. The lowest BCUT2D eigenvalue weighted by molar-refractivity contribution is -0.136. The van der Waals surface area contributed by atoms with Crippen molar-refractivity contribution in [3.8, 4) is 0 Å². The van der Waals surface area contributed by atoms with E-state index in [-0.39, 0.29) is 30.5 Å². The number of ether oxygens (including phenoxy) is 2. The maximum absolute atomic E-state index is 13.0. The van der Waals surface area contributed by atoms with E-state index in [4.69, 9.17) is 26.2 Å². The van der Waals surface area contributed by atoms with Gasteiger partial charge in [-0.1, -0.05) is 11.6 Å². The molecule has 0 aliphatic carbocycles. The van der Waals surface area contributed by atoms with Gasteiger partial charge in [-0.2, -0.15) is 0 Å². The summed E-state index contributed by atoms with van der Waals surface area (Å²) in [4.78, 5) is 65.4. The van der Waals surface area contributed by atoms with Crippen LogP contribution >= 0.6 is 22.9 Å². The van der Waals surface area contributed by atoms with Crippen LogP contribution in [0, 0.1) is 0 Å². The molecule has 4 rings (SSSR count). The van der Waals surface area contributed by atoms with Crippen LogP contribution < -0.4 is 15.1 Å². The number of carbonyl (C=O) groups is 5. The van der Waals surface area contributed by atoms with Crippen LogP contribution in [0.3, 0.4) is 0 Å². The minimum atomic E-state index is -1.15. The van der Waals surface area contributed by atoms with Gasteiger partial charge in [-0.3, -0.25) is 34.3 Å². The summed E-state index contributed by atoms with van der Waals surface area (Å²) in [6.45, 7) is -0.144. The van der Waals surface area contributed by atoms with Crippen LogP contribution in [0.15, 0.2) is 36.4 Å². The summed E-state index contributed by atoms with van der Waals surface area (Å²) in [7, 11) is 0. The van der Waals surface area contributed by atoms with Crippen molar-refractivity contribution in [3.05, 3.63) is 45.6 Å². The Morgan fingerprint density at radius 2 is 1.78 bits per heavy atom. The first kappa shape index (κ1) is 26.5. The Kier molecular flexibility index (Phi) is 8.38. The second-order valence-corrected chi connectivity index (χ2v) is 9.86. The van der Waals surface area contributed by atoms with Crippen molar-refractivity contribution in [1.29, 1.82) is 0 Å². The van der Waals surface area contributed by atoms with E-state index in [0.29, 0.717) is 28.9 Å². The summed E-state index contributed by atoms with van der Waals surface area (Å²) in [6, 6.07) is 9.79. The Morgan fingerprint density at radius 1 is 1.08 bits per heavy atom. The summed E-state index contributed by atoms with van der Waals surface area (Å²) in [5.74, 6) is -2.61. The number of cyclic esters (lactones) is 1. The molecule has 2 aliphatic heterocycles. The number of halogens is 1. The lowest BCUT2D eigenvalue weighted by Crippen LogP contribution is -2.47. The van der Waals surface area contributed by atoms with Gasteiger partial charge in [-0.15, -0.1) is 11.3 Å². The Morgan fingerprint density at radius 3 is 2.41 bits per heavy atom. The van der Waals surface area contributed by atoms with Crippen molar-refractivity contribution in [3.63, 3.8) is 0 Å². The maximum Gasteiger partial charge on any atom is 0.414 e. The van der Waals surface area contributed by atoms with E-state index >= 15 is 0 Å². The first-order valence-electron chi connectivity index (χ1n) is 11.2. The SMILES string of the molecule is O=C(O)CNCC(=O)N(C[C@H]1CN(c2ccc(N3CCOCC3=O)cc2)C(=O)O1)C(=O)c1ccc(Cl)s1. The zero-order valence-electron chi connectivity index (χ0n) is 19.4. The van der Waals surface area contributed by atoms with Crippen LogP contribution in [-0.2, 0) is 23.9 Å². The van der Waals surface area contributed by atoms with Crippen molar-refractivity contribution in [2.75, 3.05) is 55.7 Å². The maximum atomic E-state index is 13.0. The lowest BCUT2D eigenvalue weighted by Gasteiger charge is -2.27. The number of thiophene rings is 1. The summed E-state index contributed by atoms with van der Waals surface area (Å²) in [5, 5.41) is 11.3. The molecule has 0 radical (unpaired) electrons. The number of carbonyl (C=O) groups excluding carboxylic acids is 4. The van der Waals surface area contributed by atoms with Gasteiger partial charge in [0.05, 0.1) is 42.0 Å². The number of carboxylic acids is 1. The van der Waals surface area contributed by atoms with Crippen molar-refractivity contribution in [1.82, 2.24) is 10.2 Å². The Balaban J connectivity index is 1.45. The summed E-state index contributed by atoms with van der Waals surface area (Å²) in [5.41, 5.74) is 1.20. The molecule has 4 amide bonds. The van der Waals surface area contributed by atoms with Gasteiger partial charge in [-0.25, -0.2) is 4.79 Å². The number of rotatable bonds is 9. The lowest BCUT2D eigenvalue weighted by atomic mass is 10.2. The van der Waals surface area contributed by atoms with E-state index in [2.05, 4.69) is 5.32 Å². The van der Waals surface area contributed by atoms with Crippen LogP contribution in [0.2, 0.25) is 4.34 Å². The van der Waals surface area contributed by atoms with Gasteiger partial charge in [0.1, 0.15) is 12.7 Å². The molecule has 2 aromatic rings. The third-order valence-electron chi connectivity index (χ3n) is 5.60. The minimum absolute atomic E-state index is 0.0132. The highest BCUT2D eigenvalue weighted by Crippen LogP contribution is 2.27. The normalized spacial score (nSPS) is 17.6. The molecule has 196 valence electrons. The zero-order chi connectivity index (χ0) is 26.5. The monoisotopic (exact) mass is 550 g/mol. The number of hydrogen-bond donors (Lipinski definition) is 2. The number of benzene rings is 1. The van der Waals surface area contributed by atoms with Gasteiger partial charge < -0.3 is 19.5 Å².